The summed E-state index contributed by atoms with van der Waals surface area (Å²) in [5.41, 5.74) is 5.42. The Morgan fingerprint density at radius 2 is 1.42 bits per heavy atom. The SMILES string of the molecule is CCOC(=O)c1ccc(NC(=O)COC(=O)CCC(=O)NNC(=O)c2ccc(Cl)cc2)cc1. The molecule has 174 valence electrons. The van der Waals surface area contributed by atoms with Crippen molar-refractivity contribution in [3.05, 3.63) is 64.7 Å². The van der Waals surface area contributed by atoms with Gasteiger partial charge in [-0.05, 0) is 55.5 Å². The quantitative estimate of drug-likeness (QED) is 0.373. The molecule has 2 aromatic carbocycles. The Kier molecular flexibility index (Phi) is 9.84. The van der Waals surface area contributed by atoms with Gasteiger partial charge in [0.1, 0.15) is 0 Å². The number of benzene rings is 2. The molecule has 2 rings (SSSR count). The molecular formula is C22H22ClN3O7. The number of hydrogen-bond acceptors (Lipinski definition) is 7. The van der Waals surface area contributed by atoms with E-state index in [1.54, 1.807) is 6.92 Å². The highest BCUT2D eigenvalue weighted by molar-refractivity contribution is 6.30. The standard InChI is InChI=1S/C22H22ClN3O7/c1-2-32-22(31)15-5-9-17(10-6-15)24-19(28)13-33-20(29)12-11-18(27)25-26-21(30)14-3-7-16(23)8-4-14/h3-10H,2,11-13H2,1H3,(H,24,28)(H,25,27)(H,26,30). The van der Waals surface area contributed by atoms with Gasteiger partial charge in [0.15, 0.2) is 6.61 Å². The van der Waals surface area contributed by atoms with Crippen LogP contribution in [0.1, 0.15) is 40.5 Å². The van der Waals surface area contributed by atoms with Crippen molar-refractivity contribution in [1.29, 1.82) is 0 Å². The Balaban J connectivity index is 1.65. The predicted molar refractivity (Wildman–Crippen MR) is 118 cm³/mol. The number of nitrogens with one attached hydrogen (secondary N) is 3. The molecule has 0 aliphatic rings. The molecule has 0 fully saturated rings. The monoisotopic (exact) mass is 475 g/mol. The molecule has 10 nitrogen and oxygen atoms in total. The van der Waals surface area contributed by atoms with Gasteiger partial charge in [0.05, 0.1) is 18.6 Å². The molecule has 0 saturated carbocycles. The largest absolute Gasteiger partial charge is 0.462 e. The maximum Gasteiger partial charge on any atom is 0.338 e. The van der Waals surface area contributed by atoms with Crippen LogP contribution in [0.3, 0.4) is 0 Å². The molecule has 0 spiro atoms. The van der Waals surface area contributed by atoms with Gasteiger partial charge in [0, 0.05) is 22.7 Å². The third-order valence-electron chi connectivity index (χ3n) is 4.02. The van der Waals surface area contributed by atoms with Crippen LogP contribution < -0.4 is 16.2 Å². The molecule has 11 heteroatoms. The fourth-order valence-corrected chi connectivity index (χ4v) is 2.52. The average Bonchev–Trinajstić information content (AvgIpc) is 2.81. The fraction of sp³-hybridized carbons (Fsp3) is 0.227. The molecule has 0 radical (unpaired) electrons. The number of rotatable bonds is 9. The summed E-state index contributed by atoms with van der Waals surface area (Å²) >= 11 is 5.74. The molecule has 0 heterocycles. The second-order valence-electron chi connectivity index (χ2n) is 6.52. The van der Waals surface area contributed by atoms with Gasteiger partial charge in [-0.1, -0.05) is 11.6 Å². The van der Waals surface area contributed by atoms with Crippen LogP contribution in [0.2, 0.25) is 5.02 Å². The van der Waals surface area contributed by atoms with E-state index in [-0.39, 0.29) is 19.4 Å². The predicted octanol–water partition coefficient (Wildman–Crippen LogP) is 2.24. The van der Waals surface area contributed by atoms with Gasteiger partial charge in [0.2, 0.25) is 5.91 Å². The van der Waals surface area contributed by atoms with Gasteiger partial charge in [-0.25, -0.2) is 4.79 Å². The number of hydrogen-bond donors (Lipinski definition) is 3. The number of ether oxygens (including phenoxy) is 2. The van der Waals surface area contributed by atoms with Gasteiger partial charge >= 0.3 is 11.9 Å². The van der Waals surface area contributed by atoms with Crippen LogP contribution in [0.15, 0.2) is 48.5 Å². The van der Waals surface area contributed by atoms with Crippen molar-refractivity contribution >= 4 is 46.9 Å². The molecule has 0 atom stereocenters. The summed E-state index contributed by atoms with van der Waals surface area (Å²) < 4.78 is 9.69. The van der Waals surface area contributed by atoms with Gasteiger partial charge in [0.25, 0.3) is 11.8 Å². The van der Waals surface area contributed by atoms with Crippen molar-refractivity contribution in [3.8, 4) is 0 Å². The zero-order valence-corrected chi connectivity index (χ0v) is 18.4. The van der Waals surface area contributed by atoms with E-state index < -0.39 is 36.3 Å². The second-order valence-corrected chi connectivity index (χ2v) is 6.95. The number of esters is 2. The fourth-order valence-electron chi connectivity index (χ4n) is 2.40. The van der Waals surface area contributed by atoms with Crippen LogP contribution in [0, 0.1) is 0 Å². The number of carbonyl (C=O) groups excluding carboxylic acids is 5. The van der Waals surface area contributed by atoms with Crippen LogP contribution in [0.5, 0.6) is 0 Å². The molecule has 2 aromatic rings. The molecule has 3 N–H and O–H groups in total. The van der Waals surface area contributed by atoms with Crippen molar-refractivity contribution in [2.75, 3.05) is 18.5 Å². The van der Waals surface area contributed by atoms with Gasteiger partial charge in [-0.15, -0.1) is 0 Å². The Morgan fingerprint density at radius 3 is 2.06 bits per heavy atom. The van der Waals surface area contributed by atoms with E-state index in [1.165, 1.54) is 48.5 Å². The van der Waals surface area contributed by atoms with Crippen molar-refractivity contribution in [2.24, 2.45) is 0 Å². The number of hydrazine groups is 1. The summed E-state index contributed by atoms with van der Waals surface area (Å²) in [6.45, 7) is 1.40. The van der Waals surface area contributed by atoms with Crippen molar-refractivity contribution in [1.82, 2.24) is 10.9 Å². The summed E-state index contributed by atoms with van der Waals surface area (Å²) in [4.78, 5) is 58.9. The highest BCUT2D eigenvalue weighted by Crippen LogP contribution is 2.11. The van der Waals surface area contributed by atoms with E-state index >= 15 is 0 Å². The van der Waals surface area contributed by atoms with E-state index in [0.717, 1.165) is 0 Å². The van der Waals surface area contributed by atoms with Gasteiger partial charge in [-0.3, -0.25) is 30.0 Å². The molecule has 0 unspecified atom stereocenters. The van der Waals surface area contributed by atoms with E-state index in [1.807, 2.05) is 0 Å². The second kappa shape index (κ2) is 12.8. The van der Waals surface area contributed by atoms with E-state index in [0.29, 0.717) is 21.8 Å². The number of amides is 3. The molecule has 3 amide bonds. The van der Waals surface area contributed by atoms with E-state index in [2.05, 4.69) is 16.2 Å². The zero-order valence-electron chi connectivity index (χ0n) is 17.7. The highest BCUT2D eigenvalue weighted by atomic mass is 35.5. The summed E-state index contributed by atoms with van der Waals surface area (Å²) in [6.07, 6.45) is -0.541. The topological polar surface area (TPSA) is 140 Å². The summed E-state index contributed by atoms with van der Waals surface area (Å²) in [5, 5.41) is 2.98. The minimum atomic E-state index is -0.762. The van der Waals surface area contributed by atoms with Crippen LogP contribution in [0.25, 0.3) is 0 Å². The first kappa shape index (κ1) is 25.3. The first-order valence-electron chi connectivity index (χ1n) is 9.86. The van der Waals surface area contributed by atoms with Crippen LogP contribution in [0.4, 0.5) is 5.69 Å². The first-order chi connectivity index (χ1) is 15.8. The number of carbonyl (C=O) groups is 5. The smallest absolute Gasteiger partial charge is 0.338 e. The molecule has 0 aromatic heterocycles. The molecule has 0 saturated heterocycles. The molecule has 0 aliphatic carbocycles. The van der Waals surface area contributed by atoms with Gasteiger partial charge in [-0.2, -0.15) is 0 Å². The molecule has 0 bridgehead atoms. The third kappa shape index (κ3) is 8.99. The van der Waals surface area contributed by atoms with Crippen molar-refractivity contribution in [3.63, 3.8) is 0 Å². The van der Waals surface area contributed by atoms with Crippen LogP contribution in [-0.2, 0) is 23.9 Å². The Labute approximate surface area is 194 Å². The highest BCUT2D eigenvalue weighted by Gasteiger charge is 2.12. The minimum absolute atomic E-state index is 0.252. The van der Waals surface area contributed by atoms with Crippen LogP contribution in [-0.4, -0.2) is 42.9 Å². The molecular weight excluding hydrogens is 454 g/mol. The maximum atomic E-state index is 11.9. The average molecular weight is 476 g/mol. The summed E-state index contributed by atoms with van der Waals surface area (Å²) in [6, 6.07) is 12.0. The normalized spacial score (nSPS) is 10.0. The van der Waals surface area contributed by atoms with E-state index in [9.17, 15) is 24.0 Å². The Bertz CT molecular complexity index is 1010. The van der Waals surface area contributed by atoms with Crippen molar-refractivity contribution in [2.45, 2.75) is 19.8 Å². The summed E-state index contributed by atoms with van der Waals surface area (Å²) in [5.74, 6) is -2.98. The maximum absolute atomic E-state index is 11.9. The lowest BCUT2D eigenvalue weighted by Gasteiger charge is -2.08. The third-order valence-corrected chi connectivity index (χ3v) is 4.27. The van der Waals surface area contributed by atoms with Gasteiger partial charge < -0.3 is 14.8 Å². The van der Waals surface area contributed by atoms with Crippen LogP contribution >= 0.6 is 11.6 Å². The minimum Gasteiger partial charge on any atom is -0.462 e. The molecule has 0 aliphatic heterocycles. The summed E-state index contributed by atoms with van der Waals surface area (Å²) in [7, 11) is 0. The lowest BCUT2D eigenvalue weighted by Crippen LogP contribution is -2.41. The first-order valence-corrected chi connectivity index (χ1v) is 10.2. The Hall–Kier alpha value is -3.92. The molecule has 33 heavy (non-hydrogen) atoms. The lowest BCUT2D eigenvalue weighted by molar-refractivity contribution is -0.148. The zero-order chi connectivity index (χ0) is 24.2. The number of halogens is 1. The van der Waals surface area contributed by atoms with E-state index in [4.69, 9.17) is 21.1 Å². The Morgan fingerprint density at radius 1 is 0.788 bits per heavy atom. The number of anilines is 1. The van der Waals surface area contributed by atoms with Crippen molar-refractivity contribution < 1.29 is 33.4 Å². The lowest BCUT2D eigenvalue weighted by atomic mass is 10.2.